The van der Waals surface area contributed by atoms with E-state index in [0.717, 1.165) is 56.0 Å². The molecule has 2 atom stereocenters. The third kappa shape index (κ3) is 4.59. The summed E-state index contributed by atoms with van der Waals surface area (Å²) in [5, 5.41) is 1.20. The molecule has 0 saturated heterocycles. The number of nitrogens with zero attached hydrogens (tertiary/aromatic N) is 4. The number of rotatable bonds is 5. The SMILES string of the molecule is C1=CC2c3cc(-c4ccccc4)cc(-c4nc(-c5ccccc5)nc(-c5ccccc5)n4)c3OC2c2c1n(-c1ccccc1)c1ccccc21. The maximum atomic E-state index is 7.20. The molecule has 8 aromatic rings. The fourth-order valence-electron chi connectivity index (χ4n) is 7.53. The van der Waals surface area contributed by atoms with E-state index in [1.807, 2.05) is 60.7 Å². The highest BCUT2D eigenvalue weighted by Gasteiger charge is 2.42. The van der Waals surface area contributed by atoms with Crippen LogP contribution in [0.2, 0.25) is 0 Å². The van der Waals surface area contributed by atoms with Crippen molar-refractivity contribution in [1.82, 2.24) is 19.5 Å². The molecular formula is C45H30N4O. The lowest BCUT2D eigenvalue weighted by molar-refractivity contribution is 0.225. The monoisotopic (exact) mass is 642 g/mol. The van der Waals surface area contributed by atoms with Gasteiger partial charge in [0.15, 0.2) is 17.5 Å². The van der Waals surface area contributed by atoms with Crippen LogP contribution in [0.25, 0.3) is 68.0 Å². The molecule has 5 heteroatoms. The molecule has 50 heavy (non-hydrogen) atoms. The Morgan fingerprint density at radius 3 is 1.74 bits per heavy atom. The smallest absolute Gasteiger partial charge is 0.167 e. The van der Waals surface area contributed by atoms with E-state index < -0.39 is 0 Å². The molecule has 10 rings (SSSR count). The minimum atomic E-state index is -0.214. The summed E-state index contributed by atoms with van der Waals surface area (Å²) in [7, 11) is 0. The second kappa shape index (κ2) is 11.5. The summed E-state index contributed by atoms with van der Waals surface area (Å²) >= 11 is 0. The first-order valence-corrected chi connectivity index (χ1v) is 16.9. The standard InChI is InChI=1S/C45H30N4O/c1-5-15-29(16-6-1)32-27-36-34-25-26-39-40(35-23-13-14-24-38(35)49(39)33-21-11-4-12-22-33)42(34)50-41(36)37(28-32)45-47-43(30-17-7-2-8-18-30)46-44(48-45)31-19-9-3-10-20-31/h1-28,34,42H. The average molecular weight is 643 g/mol. The lowest BCUT2D eigenvalue weighted by Gasteiger charge is -2.22. The van der Waals surface area contributed by atoms with E-state index in [1.54, 1.807) is 0 Å². The zero-order valence-electron chi connectivity index (χ0n) is 27.0. The van der Waals surface area contributed by atoms with Crippen molar-refractivity contribution in [2.75, 3.05) is 0 Å². The van der Waals surface area contributed by atoms with E-state index >= 15 is 0 Å². The molecule has 1 aliphatic heterocycles. The molecule has 2 unspecified atom stereocenters. The van der Waals surface area contributed by atoms with Crippen LogP contribution in [0, 0.1) is 0 Å². The molecular weight excluding hydrogens is 613 g/mol. The summed E-state index contributed by atoms with van der Waals surface area (Å²) < 4.78 is 9.55. The van der Waals surface area contributed by atoms with Crippen LogP contribution in [0.1, 0.15) is 28.8 Å². The predicted octanol–water partition coefficient (Wildman–Crippen LogP) is 10.7. The summed E-state index contributed by atoms with van der Waals surface area (Å²) in [6.07, 6.45) is 4.38. The van der Waals surface area contributed by atoms with Crippen molar-refractivity contribution in [2.24, 2.45) is 0 Å². The van der Waals surface area contributed by atoms with Gasteiger partial charge in [0.25, 0.3) is 0 Å². The number of aromatic nitrogens is 4. The van der Waals surface area contributed by atoms with Crippen molar-refractivity contribution >= 4 is 17.0 Å². The van der Waals surface area contributed by atoms with Crippen LogP contribution in [0.4, 0.5) is 0 Å². The Labute approximate surface area is 289 Å². The van der Waals surface area contributed by atoms with Gasteiger partial charge in [-0.25, -0.2) is 15.0 Å². The molecule has 0 fully saturated rings. The molecule has 0 N–H and O–H groups in total. The molecule has 1 aliphatic carbocycles. The van der Waals surface area contributed by atoms with Crippen LogP contribution in [0.15, 0.2) is 164 Å². The Bertz CT molecular complexity index is 2500. The Morgan fingerprint density at radius 1 is 0.520 bits per heavy atom. The summed E-state index contributed by atoms with van der Waals surface area (Å²) in [6, 6.07) is 54.4. The van der Waals surface area contributed by atoms with Crippen LogP contribution in [-0.2, 0) is 0 Å². The van der Waals surface area contributed by atoms with Gasteiger partial charge < -0.3 is 9.30 Å². The van der Waals surface area contributed by atoms with E-state index in [9.17, 15) is 0 Å². The number of hydrogen-bond acceptors (Lipinski definition) is 4. The second-order valence-electron chi connectivity index (χ2n) is 12.8. The average Bonchev–Trinajstić information content (AvgIpc) is 3.74. The van der Waals surface area contributed by atoms with E-state index in [2.05, 4.69) is 114 Å². The Balaban J connectivity index is 1.20. The van der Waals surface area contributed by atoms with Gasteiger partial charge in [0.1, 0.15) is 11.9 Å². The molecule has 5 nitrogen and oxygen atoms in total. The highest BCUT2D eigenvalue weighted by atomic mass is 16.5. The van der Waals surface area contributed by atoms with Gasteiger partial charge in [0.05, 0.1) is 16.8 Å². The first-order valence-electron chi connectivity index (χ1n) is 16.9. The molecule has 0 bridgehead atoms. The van der Waals surface area contributed by atoms with Crippen molar-refractivity contribution in [2.45, 2.75) is 12.0 Å². The minimum absolute atomic E-state index is 0.0129. The minimum Gasteiger partial charge on any atom is -0.484 e. The van der Waals surface area contributed by atoms with Gasteiger partial charge in [-0.1, -0.05) is 133 Å². The molecule has 6 aromatic carbocycles. The largest absolute Gasteiger partial charge is 0.484 e. The third-order valence-corrected chi connectivity index (χ3v) is 9.81. The second-order valence-corrected chi connectivity index (χ2v) is 12.8. The first kappa shape index (κ1) is 28.4. The Kier molecular flexibility index (Phi) is 6.56. The van der Waals surface area contributed by atoms with E-state index in [1.165, 1.54) is 10.9 Å². The quantitative estimate of drug-likeness (QED) is 0.187. The van der Waals surface area contributed by atoms with Gasteiger partial charge >= 0.3 is 0 Å². The van der Waals surface area contributed by atoms with Crippen LogP contribution < -0.4 is 4.74 Å². The number of para-hydroxylation sites is 2. The topological polar surface area (TPSA) is 52.8 Å². The summed E-state index contributed by atoms with van der Waals surface area (Å²) in [4.78, 5) is 15.2. The highest BCUT2D eigenvalue weighted by Crippen LogP contribution is 2.56. The van der Waals surface area contributed by atoms with Crippen molar-refractivity contribution in [3.05, 3.63) is 181 Å². The molecule has 0 spiro atoms. The molecule has 0 radical (unpaired) electrons. The number of ether oxygens (including phenoxy) is 1. The molecule has 0 saturated carbocycles. The van der Waals surface area contributed by atoms with Gasteiger partial charge in [-0.2, -0.15) is 0 Å². The zero-order valence-corrected chi connectivity index (χ0v) is 27.0. The fourth-order valence-corrected chi connectivity index (χ4v) is 7.53. The Hall–Kier alpha value is -6.59. The zero-order chi connectivity index (χ0) is 33.0. The fraction of sp³-hybridized carbons (Fsp3) is 0.0444. The molecule has 3 heterocycles. The van der Waals surface area contributed by atoms with E-state index in [4.69, 9.17) is 19.7 Å². The van der Waals surface area contributed by atoms with Crippen LogP contribution >= 0.6 is 0 Å². The molecule has 236 valence electrons. The lowest BCUT2D eigenvalue weighted by Crippen LogP contribution is -2.13. The molecule has 0 amide bonds. The van der Waals surface area contributed by atoms with Crippen LogP contribution in [0.3, 0.4) is 0 Å². The van der Waals surface area contributed by atoms with Crippen LogP contribution in [0.5, 0.6) is 5.75 Å². The van der Waals surface area contributed by atoms with Gasteiger partial charge in [0, 0.05) is 39.2 Å². The number of benzene rings is 6. The van der Waals surface area contributed by atoms with Gasteiger partial charge in [0.2, 0.25) is 0 Å². The highest BCUT2D eigenvalue weighted by molar-refractivity contribution is 5.92. The van der Waals surface area contributed by atoms with Crippen molar-refractivity contribution in [3.8, 4) is 56.7 Å². The first-order chi connectivity index (χ1) is 24.8. The maximum Gasteiger partial charge on any atom is 0.167 e. The summed E-state index contributed by atoms with van der Waals surface area (Å²) in [5.74, 6) is 2.66. The number of hydrogen-bond donors (Lipinski definition) is 0. The third-order valence-electron chi connectivity index (χ3n) is 9.81. The molecule has 2 aromatic heterocycles. The van der Waals surface area contributed by atoms with Gasteiger partial charge in [-0.15, -0.1) is 0 Å². The molecule has 2 aliphatic rings. The van der Waals surface area contributed by atoms with Crippen LogP contribution in [-0.4, -0.2) is 19.5 Å². The van der Waals surface area contributed by atoms with Crippen molar-refractivity contribution < 1.29 is 4.74 Å². The summed E-state index contributed by atoms with van der Waals surface area (Å²) in [6.45, 7) is 0. The Morgan fingerprint density at radius 2 is 1.08 bits per heavy atom. The van der Waals surface area contributed by atoms with Gasteiger partial charge in [-0.05, 0) is 47.5 Å². The number of fused-ring (bicyclic) bond motifs is 7. The van der Waals surface area contributed by atoms with Crippen molar-refractivity contribution in [1.29, 1.82) is 0 Å². The van der Waals surface area contributed by atoms with E-state index in [-0.39, 0.29) is 12.0 Å². The van der Waals surface area contributed by atoms with Crippen molar-refractivity contribution in [3.63, 3.8) is 0 Å². The maximum absolute atomic E-state index is 7.20. The van der Waals surface area contributed by atoms with E-state index in [0.29, 0.717) is 17.5 Å². The predicted molar refractivity (Wildman–Crippen MR) is 200 cm³/mol. The lowest BCUT2D eigenvalue weighted by atomic mass is 9.84. The summed E-state index contributed by atoms with van der Waals surface area (Å²) in [5.41, 5.74) is 10.7. The van der Waals surface area contributed by atoms with Gasteiger partial charge in [-0.3, -0.25) is 0 Å². The normalized spacial score (nSPS) is 15.7.